The summed E-state index contributed by atoms with van der Waals surface area (Å²) in [5.41, 5.74) is 1.01. The zero-order chi connectivity index (χ0) is 7.82. The first kappa shape index (κ1) is 8.70. The maximum Gasteiger partial charge on any atom is -0.0268 e. The van der Waals surface area contributed by atoms with Gasteiger partial charge in [-0.2, -0.15) is 0 Å². The summed E-state index contributed by atoms with van der Waals surface area (Å²) in [6.07, 6.45) is 10.9. The molecule has 0 amide bonds. The van der Waals surface area contributed by atoms with Crippen LogP contribution in [0.2, 0.25) is 0 Å². The molecule has 0 N–H and O–H groups in total. The summed E-state index contributed by atoms with van der Waals surface area (Å²) in [6.45, 7) is 10.8. The van der Waals surface area contributed by atoms with Crippen LogP contribution in [0.25, 0.3) is 0 Å². The van der Waals surface area contributed by atoms with Gasteiger partial charge in [0.25, 0.3) is 0 Å². The number of hydrogen-bond acceptors (Lipinski definition) is 0. The molecule has 0 heterocycles. The molecule has 0 saturated heterocycles. The summed E-state index contributed by atoms with van der Waals surface area (Å²) in [5, 5.41) is 0. The summed E-state index contributed by atoms with van der Waals surface area (Å²) in [7, 11) is 0. The molecule has 0 fully saturated rings. The molecule has 0 radical (unpaired) electrons. The van der Waals surface area contributed by atoms with E-state index in [1.54, 1.807) is 18.2 Å². The lowest BCUT2D eigenvalue weighted by atomic mass is 10.2. The Bertz CT molecular complexity index is 170. The third-order valence-electron chi connectivity index (χ3n) is 1.01. The molecule has 0 nitrogen and oxygen atoms in total. The molecule has 0 rings (SSSR count). The molecule has 0 aliphatic rings. The molecule has 0 aromatic carbocycles. The molecule has 0 spiro atoms. The fourth-order valence-corrected chi connectivity index (χ4v) is 0.465. The quantitative estimate of drug-likeness (QED) is 0.516. The van der Waals surface area contributed by atoms with Crippen LogP contribution in [0.3, 0.4) is 0 Å². The van der Waals surface area contributed by atoms with E-state index in [4.69, 9.17) is 0 Å². The number of rotatable bonds is 4. The molecule has 0 heteroatoms. The van der Waals surface area contributed by atoms with E-state index in [0.717, 1.165) is 5.57 Å². The zero-order valence-corrected chi connectivity index (χ0v) is 6.09. The number of allylic oxidation sites excluding steroid dienone is 7. The normalized spacial score (nSPS) is 8.80. The van der Waals surface area contributed by atoms with Crippen molar-refractivity contribution in [1.29, 1.82) is 0 Å². The van der Waals surface area contributed by atoms with Gasteiger partial charge in [-0.3, -0.25) is 0 Å². The van der Waals surface area contributed by atoms with Crippen LogP contribution in [0.1, 0.15) is 0 Å². The third-order valence-corrected chi connectivity index (χ3v) is 1.01. The van der Waals surface area contributed by atoms with E-state index in [0.29, 0.717) is 0 Å². The Balaban J connectivity index is 4.10. The first-order valence-electron chi connectivity index (χ1n) is 3.09. The minimum Gasteiger partial charge on any atom is -0.0991 e. The second kappa shape index (κ2) is 5.83. The molecule has 0 aromatic heterocycles. The van der Waals surface area contributed by atoms with Crippen molar-refractivity contribution in [3.05, 3.63) is 61.8 Å². The van der Waals surface area contributed by atoms with Gasteiger partial charge in [0.15, 0.2) is 0 Å². The fourth-order valence-electron chi connectivity index (χ4n) is 0.465. The maximum absolute atomic E-state index is 3.61. The molecule has 0 aliphatic heterocycles. The van der Waals surface area contributed by atoms with Gasteiger partial charge in [-0.15, -0.1) is 0 Å². The molecular formula is C10H12. The summed E-state index contributed by atoms with van der Waals surface area (Å²) in [5.74, 6) is 0. The Morgan fingerprint density at radius 3 is 1.90 bits per heavy atom. The Morgan fingerprint density at radius 2 is 1.50 bits per heavy atom. The highest BCUT2D eigenvalue weighted by Crippen LogP contribution is 1.95. The van der Waals surface area contributed by atoms with Crippen molar-refractivity contribution in [3.63, 3.8) is 0 Å². The highest BCUT2D eigenvalue weighted by molar-refractivity contribution is 5.31. The van der Waals surface area contributed by atoms with Gasteiger partial charge >= 0.3 is 0 Å². The van der Waals surface area contributed by atoms with Crippen LogP contribution in [-0.2, 0) is 0 Å². The Labute approximate surface area is 62.6 Å². The van der Waals surface area contributed by atoms with Crippen molar-refractivity contribution in [2.45, 2.75) is 0 Å². The molecule has 0 atom stereocenters. The van der Waals surface area contributed by atoms with Gasteiger partial charge in [0.2, 0.25) is 0 Å². The summed E-state index contributed by atoms with van der Waals surface area (Å²) >= 11 is 0. The van der Waals surface area contributed by atoms with E-state index in [2.05, 4.69) is 19.7 Å². The third kappa shape index (κ3) is 3.67. The fraction of sp³-hybridized carbons (Fsp3) is 0. The lowest BCUT2D eigenvalue weighted by Crippen LogP contribution is -1.64. The van der Waals surface area contributed by atoms with Gasteiger partial charge in [0.05, 0.1) is 0 Å². The molecule has 0 unspecified atom stereocenters. The highest BCUT2D eigenvalue weighted by Gasteiger charge is 1.75. The Kier molecular flexibility index (Phi) is 5.07. The van der Waals surface area contributed by atoms with E-state index < -0.39 is 0 Å². The molecule has 0 aromatic rings. The van der Waals surface area contributed by atoms with Crippen molar-refractivity contribution in [3.8, 4) is 0 Å². The molecular weight excluding hydrogens is 120 g/mol. The van der Waals surface area contributed by atoms with Gasteiger partial charge in [-0.25, -0.2) is 0 Å². The second-order valence-electron chi connectivity index (χ2n) is 1.70. The lowest BCUT2D eigenvalue weighted by Gasteiger charge is -1.84. The van der Waals surface area contributed by atoms with Crippen LogP contribution in [0.15, 0.2) is 61.8 Å². The van der Waals surface area contributed by atoms with Crippen LogP contribution in [0, 0.1) is 0 Å². The Hall–Kier alpha value is -1.30. The average Bonchev–Trinajstić information content (AvgIpc) is 1.99. The minimum atomic E-state index is 1.01. The van der Waals surface area contributed by atoms with E-state index in [1.807, 2.05) is 18.2 Å². The van der Waals surface area contributed by atoms with E-state index in [1.165, 1.54) is 0 Å². The van der Waals surface area contributed by atoms with Gasteiger partial charge in [-0.05, 0) is 5.57 Å². The molecule has 0 bridgehead atoms. The van der Waals surface area contributed by atoms with Gasteiger partial charge in [0, 0.05) is 0 Å². The maximum atomic E-state index is 3.61. The van der Waals surface area contributed by atoms with Crippen LogP contribution in [-0.4, -0.2) is 0 Å². The largest absolute Gasteiger partial charge is 0.0991 e. The van der Waals surface area contributed by atoms with Crippen LogP contribution >= 0.6 is 0 Å². The van der Waals surface area contributed by atoms with Crippen LogP contribution in [0.4, 0.5) is 0 Å². The van der Waals surface area contributed by atoms with Gasteiger partial charge in [-0.1, -0.05) is 56.2 Å². The lowest BCUT2D eigenvalue weighted by molar-refractivity contribution is 1.72. The summed E-state index contributed by atoms with van der Waals surface area (Å²) in [4.78, 5) is 0. The van der Waals surface area contributed by atoms with Gasteiger partial charge in [0.1, 0.15) is 0 Å². The standard InChI is InChI=1S/C10H12/c1-4-7-8-9-10(5-2)6-3/h4-9H,1-3H2/b8-7+. The zero-order valence-electron chi connectivity index (χ0n) is 6.09. The predicted molar refractivity (Wildman–Crippen MR) is 47.8 cm³/mol. The molecule has 0 saturated carbocycles. The molecule has 0 aliphatic carbocycles. The van der Waals surface area contributed by atoms with Crippen molar-refractivity contribution < 1.29 is 0 Å². The van der Waals surface area contributed by atoms with E-state index in [9.17, 15) is 0 Å². The Morgan fingerprint density at radius 1 is 0.900 bits per heavy atom. The summed E-state index contributed by atoms with van der Waals surface area (Å²) in [6, 6.07) is 0. The first-order valence-corrected chi connectivity index (χ1v) is 3.09. The SMILES string of the molecule is C=C/C=C/C=C(C=C)C=C. The summed E-state index contributed by atoms with van der Waals surface area (Å²) < 4.78 is 0. The predicted octanol–water partition coefficient (Wildman–Crippen LogP) is 3.03. The van der Waals surface area contributed by atoms with E-state index in [-0.39, 0.29) is 0 Å². The van der Waals surface area contributed by atoms with Gasteiger partial charge < -0.3 is 0 Å². The monoisotopic (exact) mass is 132 g/mol. The van der Waals surface area contributed by atoms with E-state index >= 15 is 0 Å². The van der Waals surface area contributed by atoms with Crippen molar-refractivity contribution in [1.82, 2.24) is 0 Å². The smallest absolute Gasteiger partial charge is 0.0268 e. The molecule has 52 valence electrons. The van der Waals surface area contributed by atoms with Crippen molar-refractivity contribution >= 4 is 0 Å². The van der Waals surface area contributed by atoms with Crippen LogP contribution < -0.4 is 0 Å². The van der Waals surface area contributed by atoms with Crippen LogP contribution in [0.5, 0.6) is 0 Å². The van der Waals surface area contributed by atoms with Crippen molar-refractivity contribution in [2.75, 3.05) is 0 Å². The van der Waals surface area contributed by atoms with Crippen molar-refractivity contribution in [2.24, 2.45) is 0 Å². The molecule has 10 heavy (non-hydrogen) atoms. The average molecular weight is 132 g/mol. The minimum absolute atomic E-state index is 1.01. The number of hydrogen-bond donors (Lipinski definition) is 0. The highest BCUT2D eigenvalue weighted by atomic mass is 13.8. The second-order valence-corrected chi connectivity index (χ2v) is 1.70. The topological polar surface area (TPSA) is 0 Å². The first-order chi connectivity index (χ1) is 4.85.